The highest BCUT2D eigenvalue weighted by molar-refractivity contribution is 5.95. The minimum atomic E-state index is -0.344. The summed E-state index contributed by atoms with van der Waals surface area (Å²) in [5.41, 5.74) is 6.76. The number of hydrogen-bond acceptors (Lipinski definition) is 4. The number of aromatic hydroxyl groups is 1. The Balaban J connectivity index is 1.73. The number of carbonyl (C=O) groups excluding carboxylic acids is 1. The summed E-state index contributed by atoms with van der Waals surface area (Å²) in [6, 6.07) is 36.8. The lowest BCUT2D eigenvalue weighted by molar-refractivity contribution is 0.0526. The van der Waals surface area contributed by atoms with Crippen molar-refractivity contribution in [1.82, 2.24) is 4.57 Å². The SMILES string of the molecule is CCOC(=O)c1ccc(-n2c(-c3ccccc3)cc(C=Nc3ccccc3O)c2-c2ccccc2)cc1. The van der Waals surface area contributed by atoms with E-state index in [0.29, 0.717) is 17.9 Å². The van der Waals surface area contributed by atoms with Crippen molar-refractivity contribution in [1.29, 1.82) is 0 Å². The molecule has 0 aliphatic rings. The molecule has 5 nitrogen and oxygen atoms in total. The van der Waals surface area contributed by atoms with Crippen LogP contribution >= 0.6 is 0 Å². The third kappa shape index (κ3) is 5.07. The fourth-order valence-corrected chi connectivity index (χ4v) is 4.28. The Bertz CT molecular complexity index is 1540. The van der Waals surface area contributed by atoms with Crippen LogP contribution in [0.5, 0.6) is 5.75 Å². The Morgan fingerprint density at radius 3 is 2.11 bits per heavy atom. The highest BCUT2D eigenvalue weighted by Crippen LogP contribution is 2.36. The van der Waals surface area contributed by atoms with Gasteiger partial charge in [0.15, 0.2) is 0 Å². The van der Waals surface area contributed by atoms with Crippen molar-refractivity contribution in [2.75, 3.05) is 6.61 Å². The Hall–Kier alpha value is -4.90. The maximum Gasteiger partial charge on any atom is 0.338 e. The molecule has 0 spiro atoms. The number of aromatic nitrogens is 1. The van der Waals surface area contributed by atoms with Crippen LogP contribution in [-0.4, -0.2) is 28.5 Å². The summed E-state index contributed by atoms with van der Waals surface area (Å²) in [4.78, 5) is 16.9. The molecule has 1 aromatic heterocycles. The normalized spacial score (nSPS) is 11.1. The fraction of sp³-hybridized carbons (Fsp3) is 0.0625. The van der Waals surface area contributed by atoms with Gasteiger partial charge in [0.1, 0.15) is 11.4 Å². The molecule has 1 heterocycles. The van der Waals surface area contributed by atoms with Crippen LogP contribution in [0.4, 0.5) is 5.69 Å². The van der Waals surface area contributed by atoms with E-state index in [-0.39, 0.29) is 11.7 Å². The van der Waals surface area contributed by atoms with Crippen LogP contribution in [0.2, 0.25) is 0 Å². The molecule has 0 atom stereocenters. The van der Waals surface area contributed by atoms with E-state index in [9.17, 15) is 9.90 Å². The van der Waals surface area contributed by atoms with Crippen LogP contribution in [0.25, 0.3) is 28.2 Å². The van der Waals surface area contributed by atoms with Gasteiger partial charge in [-0.25, -0.2) is 4.79 Å². The topological polar surface area (TPSA) is 63.8 Å². The van der Waals surface area contributed by atoms with Gasteiger partial charge in [0.25, 0.3) is 0 Å². The molecular formula is C32H26N2O3. The van der Waals surface area contributed by atoms with Crippen LogP contribution in [0.3, 0.4) is 0 Å². The summed E-state index contributed by atoms with van der Waals surface area (Å²) in [6.07, 6.45) is 1.79. The van der Waals surface area contributed by atoms with Crippen molar-refractivity contribution in [3.8, 4) is 34.0 Å². The number of aliphatic imine (C=N–C) groups is 1. The smallest absolute Gasteiger partial charge is 0.338 e. The first-order chi connectivity index (χ1) is 18.2. The highest BCUT2D eigenvalue weighted by Gasteiger charge is 2.19. The lowest BCUT2D eigenvalue weighted by Gasteiger charge is -2.15. The third-order valence-electron chi connectivity index (χ3n) is 6.01. The molecule has 4 aromatic carbocycles. The predicted molar refractivity (Wildman–Crippen MR) is 148 cm³/mol. The molecule has 0 saturated carbocycles. The van der Waals surface area contributed by atoms with E-state index in [4.69, 9.17) is 4.74 Å². The van der Waals surface area contributed by atoms with Crippen molar-refractivity contribution in [3.05, 3.63) is 126 Å². The molecular weight excluding hydrogens is 460 g/mol. The molecule has 0 aliphatic heterocycles. The van der Waals surface area contributed by atoms with Crippen molar-refractivity contribution < 1.29 is 14.6 Å². The Kier molecular flexibility index (Phi) is 6.95. The van der Waals surface area contributed by atoms with Crippen molar-refractivity contribution in [2.45, 2.75) is 6.92 Å². The number of ether oxygens (including phenoxy) is 1. The number of carbonyl (C=O) groups is 1. The first-order valence-electron chi connectivity index (χ1n) is 12.1. The Morgan fingerprint density at radius 2 is 1.46 bits per heavy atom. The maximum absolute atomic E-state index is 12.3. The monoisotopic (exact) mass is 486 g/mol. The zero-order valence-corrected chi connectivity index (χ0v) is 20.4. The minimum absolute atomic E-state index is 0.122. The van der Waals surface area contributed by atoms with Gasteiger partial charge in [0.2, 0.25) is 0 Å². The first kappa shape index (κ1) is 23.8. The molecule has 5 heteroatoms. The second kappa shape index (κ2) is 10.8. The van der Waals surface area contributed by atoms with E-state index in [1.54, 1.807) is 43.5 Å². The Labute approximate surface area is 216 Å². The van der Waals surface area contributed by atoms with Gasteiger partial charge in [0.05, 0.1) is 23.6 Å². The average Bonchev–Trinajstić information content (AvgIpc) is 3.33. The van der Waals surface area contributed by atoms with Gasteiger partial charge < -0.3 is 14.4 Å². The number of benzene rings is 4. The number of esters is 1. The van der Waals surface area contributed by atoms with Crippen LogP contribution in [-0.2, 0) is 4.74 Å². The van der Waals surface area contributed by atoms with Gasteiger partial charge >= 0.3 is 5.97 Å². The van der Waals surface area contributed by atoms with Crippen molar-refractivity contribution in [2.24, 2.45) is 4.99 Å². The lowest BCUT2D eigenvalue weighted by atomic mass is 10.1. The van der Waals surface area contributed by atoms with Crippen LogP contribution in [0.15, 0.2) is 120 Å². The second-order valence-electron chi connectivity index (χ2n) is 8.42. The second-order valence-corrected chi connectivity index (χ2v) is 8.42. The summed E-state index contributed by atoms with van der Waals surface area (Å²) >= 11 is 0. The number of phenols is 1. The molecule has 37 heavy (non-hydrogen) atoms. The fourth-order valence-electron chi connectivity index (χ4n) is 4.28. The van der Waals surface area contributed by atoms with E-state index in [1.165, 1.54) is 0 Å². The molecule has 0 bridgehead atoms. The molecule has 0 amide bonds. The van der Waals surface area contributed by atoms with Gasteiger partial charge in [-0.05, 0) is 60.5 Å². The van der Waals surface area contributed by atoms with E-state index in [1.807, 2.05) is 54.6 Å². The van der Waals surface area contributed by atoms with Gasteiger partial charge in [-0.15, -0.1) is 0 Å². The predicted octanol–water partition coefficient (Wildman–Crippen LogP) is 7.44. The van der Waals surface area contributed by atoms with Crippen LogP contribution < -0.4 is 0 Å². The summed E-state index contributed by atoms with van der Waals surface area (Å²) in [5.74, 6) is -0.221. The quantitative estimate of drug-likeness (QED) is 0.192. The van der Waals surface area contributed by atoms with Crippen LogP contribution in [0.1, 0.15) is 22.8 Å². The van der Waals surface area contributed by atoms with Crippen molar-refractivity contribution in [3.63, 3.8) is 0 Å². The lowest BCUT2D eigenvalue weighted by Crippen LogP contribution is -2.05. The standard InChI is InChI=1S/C32H26N2O3/c1-2-37-32(36)25-17-19-27(20-18-25)34-29(23-11-5-3-6-12-23)21-26(31(34)24-13-7-4-8-14-24)22-33-28-15-9-10-16-30(28)35/h3-22,35H,2H2,1H3. The van der Waals surface area contributed by atoms with E-state index in [2.05, 4.69) is 39.9 Å². The number of nitrogens with zero attached hydrogens (tertiary/aromatic N) is 2. The summed E-state index contributed by atoms with van der Waals surface area (Å²) < 4.78 is 7.34. The molecule has 0 unspecified atom stereocenters. The van der Waals surface area contributed by atoms with Gasteiger partial charge in [-0.2, -0.15) is 0 Å². The highest BCUT2D eigenvalue weighted by atomic mass is 16.5. The van der Waals surface area contributed by atoms with E-state index < -0.39 is 0 Å². The number of para-hydroxylation sites is 2. The molecule has 5 rings (SSSR count). The van der Waals surface area contributed by atoms with Crippen molar-refractivity contribution >= 4 is 17.9 Å². The third-order valence-corrected chi connectivity index (χ3v) is 6.01. The van der Waals surface area contributed by atoms with Gasteiger partial charge in [-0.1, -0.05) is 72.8 Å². The van der Waals surface area contributed by atoms with Gasteiger partial charge in [0, 0.05) is 17.5 Å². The number of hydrogen-bond donors (Lipinski definition) is 1. The largest absolute Gasteiger partial charge is 0.506 e. The molecule has 0 radical (unpaired) electrons. The molecule has 182 valence electrons. The zero-order chi connectivity index (χ0) is 25.6. The van der Waals surface area contributed by atoms with Crippen LogP contribution in [0, 0.1) is 0 Å². The van der Waals surface area contributed by atoms with Gasteiger partial charge in [-0.3, -0.25) is 4.99 Å². The maximum atomic E-state index is 12.3. The molecule has 0 aliphatic carbocycles. The minimum Gasteiger partial charge on any atom is -0.506 e. The molecule has 1 N–H and O–H groups in total. The number of rotatable bonds is 7. The Morgan fingerprint density at radius 1 is 0.838 bits per heavy atom. The van der Waals surface area contributed by atoms with E-state index >= 15 is 0 Å². The number of phenolic OH excluding ortho intramolecular Hbond substituents is 1. The summed E-state index contributed by atoms with van der Waals surface area (Å²) in [7, 11) is 0. The zero-order valence-electron chi connectivity index (χ0n) is 20.4. The average molecular weight is 487 g/mol. The first-order valence-corrected chi connectivity index (χ1v) is 12.1. The summed E-state index contributed by atoms with van der Waals surface area (Å²) in [5, 5.41) is 10.2. The molecule has 5 aromatic rings. The summed E-state index contributed by atoms with van der Waals surface area (Å²) in [6.45, 7) is 2.12. The van der Waals surface area contributed by atoms with E-state index in [0.717, 1.165) is 33.8 Å². The molecule has 0 fully saturated rings. The molecule has 0 saturated heterocycles.